The van der Waals surface area contributed by atoms with Crippen molar-refractivity contribution in [3.05, 3.63) is 65.4 Å². The minimum atomic E-state index is -0.626. The molecule has 5 heteroatoms. The summed E-state index contributed by atoms with van der Waals surface area (Å²) in [6.45, 7) is 2.48. The number of rotatable bonds is 5. The number of fused-ring (bicyclic) bond motifs is 1. The minimum Gasteiger partial charge on any atom is -0.358 e. The number of para-hydroxylation sites is 2. The third-order valence-corrected chi connectivity index (χ3v) is 4.08. The van der Waals surface area contributed by atoms with Crippen LogP contribution in [0.15, 0.2) is 48.5 Å². The van der Waals surface area contributed by atoms with E-state index in [2.05, 4.69) is 10.3 Å². The van der Waals surface area contributed by atoms with Crippen molar-refractivity contribution in [1.82, 2.24) is 9.88 Å². The number of hydrogen-bond acceptors (Lipinski definition) is 3. The average molecular weight is 335 g/mol. The first-order valence-electron chi connectivity index (χ1n) is 8.13. The summed E-state index contributed by atoms with van der Waals surface area (Å²) in [7, 11) is 3.91. The molecule has 0 saturated heterocycles. The van der Waals surface area contributed by atoms with Crippen LogP contribution in [0.1, 0.15) is 21.6 Å². The summed E-state index contributed by atoms with van der Waals surface area (Å²) in [4.78, 5) is 30.5. The van der Waals surface area contributed by atoms with Crippen molar-refractivity contribution in [1.29, 1.82) is 0 Å². The number of H-pyrrole nitrogens is 1. The van der Waals surface area contributed by atoms with E-state index in [4.69, 9.17) is 0 Å². The molecule has 128 valence electrons. The van der Waals surface area contributed by atoms with Crippen molar-refractivity contribution in [2.24, 2.45) is 0 Å². The molecule has 1 heterocycles. The van der Waals surface area contributed by atoms with Crippen LogP contribution in [0, 0.1) is 6.92 Å². The maximum absolute atomic E-state index is 12.7. The molecule has 5 nitrogen and oxygen atoms in total. The van der Waals surface area contributed by atoms with Crippen LogP contribution in [0.25, 0.3) is 10.9 Å². The monoisotopic (exact) mass is 335 g/mol. The summed E-state index contributed by atoms with van der Waals surface area (Å²) in [5.41, 5.74) is 3.60. The molecule has 2 N–H and O–H groups in total. The van der Waals surface area contributed by atoms with Crippen molar-refractivity contribution in [3.8, 4) is 0 Å². The fourth-order valence-electron chi connectivity index (χ4n) is 2.98. The molecule has 0 bridgehead atoms. The van der Waals surface area contributed by atoms with Crippen molar-refractivity contribution >= 4 is 28.3 Å². The van der Waals surface area contributed by atoms with Crippen LogP contribution in [-0.2, 0) is 11.3 Å². The largest absolute Gasteiger partial charge is 0.358 e. The molecule has 0 atom stereocenters. The summed E-state index contributed by atoms with van der Waals surface area (Å²) < 4.78 is 0. The molecule has 0 aliphatic carbocycles. The fourth-order valence-corrected chi connectivity index (χ4v) is 2.98. The van der Waals surface area contributed by atoms with Gasteiger partial charge in [-0.15, -0.1) is 0 Å². The average Bonchev–Trinajstić information content (AvgIpc) is 2.91. The Morgan fingerprint density at radius 1 is 1.04 bits per heavy atom. The summed E-state index contributed by atoms with van der Waals surface area (Å²) >= 11 is 0. The van der Waals surface area contributed by atoms with E-state index in [9.17, 15) is 9.59 Å². The van der Waals surface area contributed by atoms with Crippen LogP contribution >= 0.6 is 0 Å². The lowest BCUT2D eigenvalue weighted by atomic mass is 10.1. The van der Waals surface area contributed by atoms with Gasteiger partial charge in [-0.2, -0.15) is 0 Å². The van der Waals surface area contributed by atoms with Gasteiger partial charge in [0.05, 0.1) is 5.56 Å². The van der Waals surface area contributed by atoms with Crippen LogP contribution in [0.4, 0.5) is 5.69 Å². The van der Waals surface area contributed by atoms with Gasteiger partial charge in [0, 0.05) is 28.8 Å². The van der Waals surface area contributed by atoms with E-state index in [1.165, 1.54) is 0 Å². The molecule has 0 spiro atoms. The highest BCUT2D eigenvalue weighted by Gasteiger charge is 2.23. The Bertz CT molecular complexity index is 941. The Kier molecular flexibility index (Phi) is 4.67. The van der Waals surface area contributed by atoms with E-state index in [1.54, 1.807) is 6.92 Å². The molecule has 3 aromatic rings. The number of amides is 1. The first-order valence-corrected chi connectivity index (χ1v) is 8.13. The van der Waals surface area contributed by atoms with E-state index in [1.807, 2.05) is 67.5 Å². The Morgan fingerprint density at radius 2 is 1.72 bits per heavy atom. The molecule has 0 saturated carbocycles. The fraction of sp³-hybridized carbons (Fsp3) is 0.200. The number of benzene rings is 2. The third kappa shape index (κ3) is 3.46. The third-order valence-electron chi connectivity index (χ3n) is 4.08. The SMILES string of the molecule is Cc1[nH]c2ccccc2c1C(=O)C(=O)Nc1ccccc1CN(C)C. The van der Waals surface area contributed by atoms with Gasteiger partial charge < -0.3 is 15.2 Å². The predicted molar refractivity (Wildman–Crippen MR) is 99.8 cm³/mol. The number of aromatic nitrogens is 1. The summed E-state index contributed by atoms with van der Waals surface area (Å²) in [5.74, 6) is -1.16. The van der Waals surface area contributed by atoms with Crippen molar-refractivity contribution in [2.75, 3.05) is 19.4 Å². The zero-order valence-electron chi connectivity index (χ0n) is 14.6. The van der Waals surface area contributed by atoms with Crippen LogP contribution in [0.3, 0.4) is 0 Å². The molecule has 1 aromatic heterocycles. The molecule has 0 aliphatic rings. The smallest absolute Gasteiger partial charge is 0.296 e. The summed E-state index contributed by atoms with van der Waals surface area (Å²) in [5, 5.41) is 3.53. The number of aromatic amines is 1. The molecular weight excluding hydrogens is 314 g/mol. The first-order chi connectivity index (χ1) is 12.0. The molecule has 0 fully saturated rings. The zero-order chi connectivity index (χ0) is 18.0. The lowest BCUT2D eigenvalue weighted by molar-refractivity contribution is -0.112. The minimum absolute atomic E-state index is 0.429. The predicted octanol–water partition coefficient (Wildman–Crippen LogP) is 3.36. The number of Topliss-reactive ketones (excluding diaryl/α,β-unsaturated/α-hetero) is 1. The molecule has 0 unspecified atom stereocenters. The van der Waals surface area contributed by atoms with Crippen LogP contribution < -0.4 is 5.32 Å². The number of carbonyl (C=O) groups excluding carboxylic acids is 2. The van der Waals surface area contributed by atoms with Gasteiger partial charge in [-0.25, -0.2) is 0 Å². The molecule has 1 amide bonds. The Balaban J connectivity index is 1.89. The van der Waals surface area contributed by atoms with E-state index in [0.29, 0.717) is 23.5 Å². The van der Waals surface area contributed by atoms with E-state index < -0.39 is 11.7 Å². The maximum atomic E-state index is 12.7. The number of aryl methyl sites for hydroxylation is 1. The highest BCUT2D eigenvalue weighted by atomic mass is 16.2. The van der Waals surface area contributed by atoms with Crippen LogP contribution in [0.2, 0.25) is 0 Å². The Labute approximate surface area is 146 Å². The number of nitrogens with zero attached hydrogens (tertiary/aromatic N) is 1. The van der Waals surface area contributed by atoms with Gasteiger partial charge in [-0.1, -0.05) is 36.4 Å². The highest BCUT2D eigenvalue weighted by Crippen LogP contribution is 2.23. The lowest BCUT2D eigenvalue weighted by Crippen LogP contribution is -2.24. The van der Waals surface area contributed by atoms with E-state index in [-0.39, 0.29) is 0 Å². The Morgan fingerprint density at radius 3 is 2.48 bits per heavy atom. The summed E-state index contributed by atoms with van der Waals surface area (Å²) in [6, 6.07) is 15.0. The Hall–Kier alpha value is -2.92. The summed E-state index contributed by atoms with van der Waals surface area (Å²) in [6.07, 6.45) is 0. The van der Waals surface area contributed by atoms with Gasteiger partial charge in [-0.3, -0.25) is 9.59 Å². The quantitative estimate of drug-likeness (QED) is 0.555. The number of ketones is 1. The number of hydrogen-bond donors (Lipinski definition) is 2. The van der Waals surface area contributed by atoms with Gasteiger partial charge in [0.1, 0.15) is 0 Å². The van der Waals surface area contributed by atoms with Gasteiger partial charge in [-0.05, 0) is 38.7 Å². The molecule has 2 aromatic carbocycles. The molecule has 0 aliphatic heterocycles. The van der Waals surface area contributed by atoms with E-state index >= 15 is 0 Å². The number of carbonyl (C=O) groups is 2. The maximum Gasteiger partial charge on any atom is 0.296 e. The normalized spacial score (nSPS) is 11.0. The lowest BCUT2D eigenvalue weighted by Gasteiger charge is -2.14. The van der Waals surface area contributed by atoms with Crippen molar-refractivity contribution in [2.45, 2.75) is 13.5 Å². The second kappa shape index (κ2) is 6.91. The van der Waals surface area contributed by atoms with Gasteiger partial charge >= 0.3 is 0 Å². The molecular formula is C20H21N3O2. The molecule has 3 rings (SSSR count). The standard InChI is InChI=1S/C20H21N3O2/c1-13-18(15-9-5-7-11-17(15)21-13)19(24)20(25)22-16-10-6-4-8-14(16)12-23(2)3/h4-11,21H,12H2,1-3H3,(H,22,25). The second-order valence-corrected chi connectivity index (χ2v) is 6.35. The van der Waals surface area contributed by atoms with E-state index in [0.717, 1.165) is 16.5 Å². The molecule has 25 heavy (non-hydrogen) atoms. The first kappa shape index (κ1) is 16.9. The van der Waals surface area contributed by atoms with Gasteiger partial charge in [0.2, 0.25) is 0 Å². The second-order valence-electron chi connectivity index (χ2n) is 6.35. The topological polar surface area (TPSA) is 65.2 Å². The van der Waals surface area contributed by atoms with Crippen LogP contribution in [0.5, 0.6) is 0 Å². The number of anilines is 1. The van der Waals surface area contributed by atoms with Crippen molar-refractivity contribution < 1.29 is 9.59 Å². The van der Waals surface area contributed by atoms with Crippen LogP contribution in [-0.4, -0.2) is 35.7 Å². The van der Waals surface area contributed by atoms with Gasteiger partial charge in [0.25, 0.3) is 11.7 Å². The van der Waals surface area contributed by atoms with Gasteiger partial charge in [0.15, 0.2) is 0 Å². The zero-order valence-corrected chi connectivity index (χ0v) is 14.6. The van der Waals surface area contributed by atoms with Crippen molar-refractivity contribution in [3.63, 3.8) is 0 Å². The number of nitrogens with one attached hydrogen (secondary N) is 2. The highest BCUT2D eigenvalue weighted by molar-refractivity contribution is 6.48. The molecule has 0 radical (unpaired) electrons.